The molecule has 31 heavy (non-hydrogen) atoms. The van der Waals surface area contributed by atoms with Crippen LogP contribution < -0.4 is 10.2 Å². The molecule has 5 nitrogen and oxygen atoms in total. The van der Waals surface area contributed by atoms with Crippen LogP contribution in [-0.4, -0.2) is 17.6 Å². The van der Waals surface area contributed by atoms with Crippen molar-refractivity contribution in [3.63, 3.8) is 0 Å². The van der Waals surface area contributed by atoms with Crippen LogP contribution in [0.4, 0.5) is 11.4 Å². The van der Waals surface area contributed by atoms with Crippen molar-refractivity contribution >= 4 is 40.6 Å². The molecular formula is C25H21ClN2O3. The van der Waals surface area contributed by atoms with Gasteiger partial charge in [-0.1, -0.05) is 35.9 Å². The van der Waals surface area contributed by atoms with Crippen molar-refractivity contribution in [1.29, 1.82) is 0 Å². The highest BCUT2D eigenvalue weighted by molar-refractivity contribution is 6.30. The molecule has 0 bridgehead atoms. The Morgan fingerprint density at radius 1 is 0.935 bits per heavy atom. The molecule has 156 valence electrons. The molecule has 1 aliphatic heterocycles. The zero-order valence-electron chi connectivity index (χ0n) is 17.0. The summed E-state index contributed by atoms with van der Waals surface area (Å²) in [6.45, 7) is 1.96. The lowest BCUT2D eigenvalue weighted by atomic mass is 9.99. The summed E-state index contributed by atoms with van der Waals surface area (Å²) >= 11 is 5.96. The fourth-order valence-electron chi connectivity index (χ4n) is 3.64. The van der Waals surface area contributed by atoms with Gasteiger partial charge in [-0.2, -0.15) is 0 Å². The molecule has 0 fully saturated rings. The predicted molar refractivity (Wildman–Crippen MR) is 122 cm³/mol. The van der Waals surface area contributed by atoms with E-state index >= 15 is 0 Å². The molecule has 3 aromatic carbocycles. The van der Waals surface area contributed by atoms with E-state index in [4.69, 9.17) is 11.6 Å². The van der Waals surface area contributed by atoms with Crippen molar-refractivity contribution in [3.8, 4) is 0 Å². The molecule has 0 spiro atoms. The number of fused-ring (bicyclic) bond motifs is 1. The van der Waals surface area contributed by atoms with Gasteiger partial charge in [0.15, 0.2) is 5.78 Å². The molecule has 0 atom stereocenters. The topological polar surface area (TPSA) is 66.5 Å². The van der Waals surface area contributed by atoms with Gasteiger partial charge >= 0.3 is 0 Å². The Kier molecular flexibility index (Phi) is 5.87. The van der Waals surface area contributed by atoms with E-state index in [9.17, 15) is 14.4 Å². The smallest absolute Gasteiger partial charge is 0.255 e. The zero-order chi connectivity index (χ0) is 22.0. The van der Waals surface area contributed by atoms with E-state index in [2.05, 4.69) is 5.32 Å². The van der Waals surface area contributed by atoms with E-state index in [0.29, 0.717) is 41.2 Å². The number of Topliss-reactive ketones (excluding diaryl/α,β-unsaturated/α-hetero) is 1. The summed E-state index contributed by atoms with van der Waals surface area (Å²) < 4.78 is 0. The largest absolute Gasteiger partial charge is 0.322 e. The van der Waals surface area contributed by atoms with Crippen LogP contribution in [0, 0.1) is 0 Å². The average Bonchev–Trinajstić information content (AvgIpc) is 2.77. The number of ketones is 1. The summed E-state index contributed by atoms with van der Waals surface area (Å²) in [5.74, 6) is -0.218. The maximum absolute atomic E-state index is 12.6. The molecule has 1 N–H and O–H groups in total. The number of nitrogens with one attached hydrogen (secondary N) is 1. The third-order valence-electron chi connectivity index (χ3n) is 5.34. The van der Waals surface area contributed by atoms with Gasteiger partial charge in [-0.05, 0) is 66.9 Å². The molecule has 2 amide bonds. The fraction of sp³-hybridized carbons (Fsp3) is 0.160. The first kappa shape index (κ1) is 20.8. The molecule has 4 rings (SSSR count). The molecule has 1 heterocycles. The zero-order valence-corrected chi connectivity index (χ0v) is 17.8. The van der Waals surface area contributed by atoms with Gasteiger partial charge < -0.3 is 10.2 Å². The van der Waals surface area contributed by atoms with Crippen molar-refractivity contribution in [1.82, 2.24) is 0 Å². The number of hydrogen-bond acceptors (Lipinski definition) is 3. The molecule has 0 saturated carbocycles. The standard InChI is InChI=1S/C25H21ClN2O3/c1-16(29)18-4-6-19(7-5-18)25(31)27-22-11-12-23-20(14-22)8-13-24(30)28(23)15-17-2-9-21(26)10-3-17/h2-7,9-12,14H,8,13,15H2,1H3,(H,27,31). The second-order valence-corrected chi connectivity index (χ2v) is 7.97. The summed E-state index contributed by atoms with van der Waals surface area (Å²) in [5, 5.41) is 3.55. The van der Waals surface area contributed by atoms with Crippen LogP contribution in [0.1, 0.15) is 45.2 Å². The summed E-state index contributed by atoms with van der Waals surface area (Å²) in [7, 11) is 0. The molecule has 0 unspecified atom stereocenters. The molecule has 0 saturated heterocycles. The monoisotopic (exact) mass is 432 g/mol. The highest BCUT2D eigenvalue weighted by Crippen LogP contribution is 2.32. The second-order valence-electron chi connectivity index (χ2n) is 7.54. The Labute approximate surface area is 185 Å². The van der Waals surface area contributed by atoms with Crippen LogP contribution in [0.2, 0.25) is 5.02 Å². The first-order valence-corrected chi connectivity index (χ1v) is 10.4. The number of anilines is 2. The SMILES string of the molecule is CC(=O)c1ccc(C(=O)Nc2ccc3c(c2)CCC(=O)N3Cc2ccc(Cl)cc2)cc1. The minimum Gasteiger partial charge on any atom is -0.322 e. The predicted octanol–water partition coefficient (Wildman–Crippen LogP) is 5.27. The van der Waals surface area contributed by atoms with Crippen molar-refractivity contribution in [2.24, 2.45) is 0 Å². The number of halogens is 1. The lowest BCUT2D eigenvalue weighted by Crippen LogP contribution is -2.34. The third kappa shape index (κ3) is 4.67. The van der Waals surface area contributed by atoms with Crippen molar-refractivity contribution in [3.05, 3.63) is 94.0 Å². The highest BCUT2D eigenvalue weighted by Gasteiger charge is 2.24. The normalized spacial score (nSPS) is 13.0. The summed E-state index contributed by atoms with van der Waals surface area (Å²) in [6.07, 6.45) is 1.05. The maximum Gasteiger partial charge on any atom is 0.255 e. The van der Waals surface area contributed by atoms with Crippen LogP contribution in [0.3, 0.4) is 0 Å². The Morgan fingerprint density at radius 2 is 1.61 bits per heavy atom. The van der Waals surface area contributed by atoms with Gasteiger partial charge in [-0.3, -0.25) is 14.4 Å². The van der Waals surface area contributed by atoms with Gasteiger partial charge in [0, 0.05) is 33.9 Å². The van der Waals surface area contributed by atoms with Crippen molar-refractivity contribution < 1.29 is 14.4 Å². The first-order chi connectivity index (χ1) is 14.9. The molecule has 1 aliphatic rings. The second kappa shape index (κ2) is 8.74. The highest BCUT2D eigenvalue weighted by atomic mass is 35.5. The van der Waals surface area contributed by atoms with Crippen LogP contribution in [0.5, 0.6) is 0 Å². The number of amides is 2. The Hall–Kier alpha value is -3.44. The van der Waals surface area contributed by atoms with Gasteiger partial charge in [-0.25, -0.2) is 0 Å². The number of carbonyl (C=O) groups excluding carboxylic acids is 3. The summed E-state index contributed by atoms with van der Waals surface area (Å²) in [5.41, 5.74) is 4.57. The first-order valence-electron chi connectivity index (χ1n) is 10.0. The molecule has 6 heteroatoms. The lowest BCUT2D eigenvalue weighted by Gasteiger charge is -2.30. The number of carbonyl (C=O) groups is 3. The van der Waals surface area contributed by atoms with Gasteiger partial charge in [0.1, 0.15) is 0 Å². The molecule has 0 aliphatic carbocycles. The Morgan fingerprint density at radius 3 is 2.29 bits per heavy atom. The number of benzene rings is 3. The van der Waals surface area contributed by atoms with Gasteiger partial charge in [0.2, 0.25) is 5.91 Å². The van der Waals surface area contributed by atoms with E-state index in [1.54, 1.807) is 35.2 Å². The summed E-state index contributed by atoms with van der Waals surface area (Å²) in [6, 6.07) is 19.6. The van der Waals surface area contributed by atoms with Crippen LogP contribution >= 0.6 is 11.6 Å². The fourth-order valence-corrected chi connectivity index (χ4v) is 3.77. The molecular weight excluding hydrogens is 412 g/mol. The maximum atomic E-state index is 12.6. The van der Waals surface area contributed by atoms with Crippen molar-refractivity contribution in [2.75, 3.05) is 10.2 Å². The van der Waals surface area contributed by atoms with Crippen LogP contribution in [0.25, 0.3) is 0 Å². The Bertz CT molecular complexity index is 1150. The van der Waals surface area contributed by atoms with Gasteiger partial charge in [-0.15, -0.1) is 0 Å². The Balaban J connectivity index is 1.52. The lowest BCUT2D eigenvalue weighted by molar-refractivity contribution is -0.119. The van der Waals surface area contributed by atoms with E-state index in [1.807, 2.05) is 36.4 Å². The number of nitrogens with zero attached hydrogens (tertiary/aromatic N) is 1. The number of rotatable bonds is 5. The molecule has 0 aromatic heterocycles. The van der Waals surface area contributed by atoms with Gasteiger partial charge in [0.05, 0.1) is 6.54 Å². The third-order valence-corrected chi connectivity index (χ3v) is 5.60. The number of hydrogen-bond donors (Lipinski definition) is 1. The van der Waals surface area contributed by atoms with E-state index in [0.717, 1.165) is 16.8 Å². The van der Waals surface area contributed by atoms with E-state index < -0.39 is 0 Å². The van der Waals surface area contributed by atoms with E-state index in [-0.39, 0.29) is 17.6 Å². The summed E-state index contributed by atoms with van der Waals surface area (Å²) in [4.78, 5) is 38.3. The number of aryl methyl sites for hydroxylation is 1. The average molecular weight is 433 g/mol. The quantitative estimate of drug-likeness (QED) is 0.558. The van der Waals surface area contributed by atoms with Crippen LogP contribution in [0.15, 0.2) is 66.7 Å². The van der Waals surface area contributed by atoms with Gasteiger partial charge in [0.25, 0.3) is 5.91 Å². The van der Waals surface area contributed by atoms with E-state index in [1.165, 1.54) is 6.92 Å². The molecule has 0 radical (unpaired) electrons. The molecule has 3 aromatic rings. The van der Waals surface area contributed by atoms with Crippen LogP contribution in [-0.2, 0) is 17.8 Å². The minimum atomic E-state index is -0.250. The van der Waals surface area contributed by atoms with Crippen molar-refractivity contribution in [2.45, 2.75) is 26.3 Å². The minimum absolute atomic E-state index is 0.0423.